The zero-order chi connectivity index (χ0) is 20.5. The van der Waals surface area contributed by atoms with Crippen LogP contribution in [0.3, 0.4) is 0 Å². The predicted octanol–water partition coefficient (Wildman–Crippen LogP) is 3.56. The van der Waals surface area contributed by atoms with E-state index in [2.05, 4.69) is 24.8 Å². The molecule has 3 rings (SSSR count). The lowest BCUT2D eigenvalue weighted by Gasteiger charge is -2.35. The molecule has 2 heterocycles. The summed E-state index contributed by atoms with van der Waals surface area (Å²) in [6.07, 6.45) is 1.59. The fourth-order valence-electron chi connectivity index (χ4n) is 4.02. The summed E-state index contributed by atoms with van der Waals surface area (Å²) in [5.74, 6) is 0.955. The van der Waals surface area contributed by atoms with E-state index in [1.165, 1.54) is 22.4 Å². The van der Waals surface area contributed by atoms with E-state index in [0.717, 1.165) is 31.7 Å². The Labute approximate surface area is 168 Å². The van der Waals surface area contributed by atoms with Crippen LogP contribution in [-0.2, 0) is 22.3 Å². The standard InChI is InChI=1S/C22H34N2O4/c1-15(26-6)14-24-11-12-27-19-13-17-7-9-23(21(25)28-22(3,4)5)10-8-18(17)16(2)20(19)24/h13,15H,7-12,14H2,1-6H3/t15-/m1/s1. The SMILES string of the molecule is CO[C@H](C)CN1CCOc2cc3c(c(C)c21)CCN(C(=O)OC(C)(C)C)CC3. The van der Waals surface area contributed by atoms with Crippen molar-refractivity contribution in [2.75, 3.05) is 44.8 Å². The highest BCUT2D eigenvalue weighted by molar-refractivity contribution is 5.71. The average molecular weight is 391 g/mol. The van der Waals surface area contributed by atoms with Crippen molar-refractivity contribution in [1.29, 1.82) is 0 Å². The molecule has 0 N–H and O–H groups in total. The van der Waals surface area contributed by atoms with Crippen LogP contribution >= 0.6 is 0 Å². The van der Waals surface area contributed by atoms with Crippen LogP contribution in [0.25, 0.3) is 0 Å². The molecular formula is C22H34N2O4. The third-order valence-electron chi connectivity index (χ3n) is 5.48. The van der Waals surface area contributed by atoms with Crippen LogP contribution in [0.2, 0.25) is 0 Å². The molecule has 0 fully saturated rings. The molecule has 0 saturated heterocycles. The van der Waals surface area contributed by atoms with Crippen molar-refractivity contribution in [1.82, 2.24) is 4.90 Å². The molecule has 2 aliphatic rings. The topological polar surface area (TPSA) is 51.2 Å². The van der Waals surface area contributed by atoms with Crippen LogP contribution in [0.1, 0.15) is 44.4 Å². The first-order valence-corrected chi connectivity index (χ1v) is 10.2. The van der Waals surface area contributed by atoms with Gasteiger partial charge in [0, 0.05) is 26.7 Å². The van der Waals surface area contributed by atoms with Gasteiger partial charge in [0.1, 0.15) is 18.0 Å². The van der Waals surface area contributed by atoms with E-state index in [4.69, 9.17) is 14.2 Å². The Balaban J connectivity index is 1.84. The number of fused-ring (bicyclic) bond motifs is 2. The predicted molar refractivity (Wildman–Crippen MR) is 111 cm³/mol. The zero-order valence-corrected chi connectivity index (χ0v) is 18.1. The normalized spacial score (nSPS) is 17.9. The van der Waals surface area contributed by atoms with Gasteiger partial charge in [-0.3, -0.25) is 0 Å². The monoisotopic (exact) mass is 390 g/mol. The van der Waals surface area contributed by atoms with Gasteiger partial charge in [-0.05, 0) is 70.2 Å². The van der Waals surface area contributed by atoms with Gasteiger partial charge in [0.2, 0.25) is 0 Å². The molecule has 28 heavy (non-hydrogen) atoms. The lowest BCUT2D eigenvalue weighted by Crippen LogP contribution is -2.39. The third kappa shape index (κ3) is 4.54. The highest BCUT2D eigenvalue weighted by atomic mass is 16.6. The molecule has 0 spiro atoms. The molecule has 1 amide bonds. The first-order valence-electron chi connectivity index (χ1n) is 10.2. The molecule has 1 aromatic carbocycles. The van der Waals surface area contributed by atoms with Gasteiger partial charge in [-0.15, -0.1) is 0 Å². The Morgan fingerprint density at radius 1 is 1.25 bits per heavy atom. The number of benzene rings is 1. The second kappa shape index (κ2) is 8.19. The van der Waals surface area contributed by atoms with Gasteiger partial charge in [-0.2, -0.15) is 0 Å². The highest BCUT2D eigenvalue weighted by Gasteiger charge is 2.29. The quantitative estimate of drug-likeness (QED) is 0.790. The smallest absolute Gasteiger partial charge is 0.410 e. The van der Waals surface area contributed by atoms with Crippen molar-refractivity contribution < 1.29 is 19.0 Å². The Morgan fingerprint density at radius 2 is 1.96 bits per heavy atom. The number of carbonyl (C=O) groups is 1. The van der Waals surface area contributed by atoms with Gasteiger partial charge in [0.25, 0.3) is 0 Å². The number of methoxy groups -OCH3 is 1. The Kier molecular flexibility index (Phi) is 6.08. The Hall–Kier alpha value is -1.95. The van der Waals surface area contributed by atoms with Crippen LogP contribution < -0.4 is 9.64 Å². The van der Waals surface area contributed by atoms with Crippen molar-refractivity contribution in [2.24, 2.45) is 0 Å². The van der Waals surface area contributed by atoms with Crippen LogP contribution in [0.4, 0.5) is 10.5 Å². The van der Waals surface area contributed by atoms with Crippen molar-refractivity contribution in [2.45, 2.75) is 59.2 Å². The van der Waals surface area contributed by atoms with Gasteiger partial charge in [-0.25, -0.2) is 4.79 Å². The molecular weight excluding hydrogens is 356 g/mol. The largest absolute Gasteiger partial charge is 0.490 e. The maximum Gasteiger partial charge on any atom is 0.410 e. The number of rotatable bonds is 3. The molecule has 6 heteroatoms. The van der Waals surface area contributed by atoms with E-state index in [1.54, 1.807) is 7.11 Å². The van der Waals surface area contributed by atoms with E-state index in [0.29, 0.717) is 19.7 Å². The van der Waals surface area contributed by atoms with Gasteiger partial charge in [0.15, 0.2) is 0 Å². The lowest BCUT2D eigenvalue weighted by atomic mass is 9.94. The van der Waals surface area contributed by atoms with Gasteiger partial charge in [0.05, 0.1) is 18.3 Å². The van der Waals surface area contributed by atoms with Gasteiger partial charge in [-0.1, -0.05) is 0 Å². The van der Waals surface area contributed by atoms with Crippen LogP contribution in [0, 0.1) is 6.92 Å². The van der Waals surface area contributed by atoms with Gasteiger partial charge >= 0.3 is 6.09 Å². The number of hydrogen-bond acceptors (Lipinski definition) is 5. The summed E-state index contributed by atoms with van der Waals surface area (Å²) in [5, 5.41) is 0. The average Bonchev–Trinajstić information content (AvgIpc) is 2.83. The van der Waals surface area contributed by atoms with Crippen LogP contribution in [-0.4, -0.2) is 62.6 Å². The molecule has 2 aliphatic heterocycles. The highest BCUT2D eigenvalue weighted by Crippen LogP contribution is 2.40. The molecule has 0 aliphatic carbocycles. The summed E-state index contributed by atoms with van der Waals surface area (Å²) < 4.78 is 17.1. The maximum atomic E-state index is 12.5. The summed E-state index contributed by atoms with van der Waals surface area (Å²) in [7, 11) is 1.75. The molecule has 0 unspecified atom stereocenters. The molecule has 0 bridgehead atoms. The lowest BCUT2D eigenvalue weighted by molar-refractivity contribution is 0.0258. The summed E-state index contributed by atoms with van der Waals surface area (Å²) in [6, 6.07) is 2.18. The third-order valence-corrected chi connectivity index (χ3v) is 5.48. The second-order valence-electron chi connectivity index (χ2n) is 8.79. The Bertz CT molecular complexity index is 726. The van der Waals surface area contributed by atoms with E-state index >= 15 is 0 Å². The van der Waals surface area contributed by atoms with E-state index < -0.39 is 5.60 Å². The van der Waals surface area contributed by atoms with Crippen molar-refractivity contribution in [3.05, 3.63) is 22.8 Å². The summed E-state index contributed by atoms with van der Waals surface area (Å²) >= 11 is 0. The molecule has 0 aromatic heterocycles. The molecule has 1 atom stereocenters. The molecule has 156 valence electrons. The Morgan fingerprint density at radius 3 is 2.64 bits per heavy atom. The first kappa shape index (κ1) is 20.8. The minimum absolute atomic E-state index is 0.159. The first-order chi connectivity index (χ1) is 13.2. The summed E-state index contributed by atoms with van der Waals surface area (Å²) in [5.41, 5.74) is 4.59. The van der Waals surface area contributed by atoms with Crippen LogP contribution in [0.15, 0.2) is 6.07 Å². The fraction of sp³-hybridized carbons (Fsp3) is 0.682. The zero-order valence-electron chi connectivity index (χ0n) is 18.1. The van der Waals surface area contributed by atoms with E-state index in [1.807, 2.05) is 25.7 Å². The number of anilines is 1. The number of hydrogen-bond donors (Lipinski definition) is 0. The second-order valence-corrected chi connectivity index (χ2v) is 8.79. The summed E-state index contributed by atoms with van der Waals surface area (Å²) in [6.45, 7) is 13.7. The summed E-state index contributed by atoms with van der Waals surface area (Å²) in [4.78, 5) is 16.7. The minimum Gasteiger partial charge on any atom is -0.490 e. The maximum absolute atomic E-state index is 12.5. The van der Waals surface area contributed by atoms with Crippen molar-refractivity contribution in [3.8, 4) is 5.75 Å². The fourth-order valence-corrected chi connectivity index (χ4v) is 4.02. The van der Waals surface area contributed by atoms with E-state index in [-0.39, 0.29) is 12.2 Å². The molecule has 0 saturated carbocycles. The van der Waals surface area contributed by atoms with Crippen molar-refractivity contribution >= 4 is 11.8 Å². The minimum atomic E-state index is -0.475. The number of ether oxygens (including phenoxy) is 3. The van der Waals surface area contributed by atoms with E-state index in [9.17, 15) is 4.79 Å². The number of carbonyl (C=O) groups excluding carboxylic acids is 1. The number of nitrogens with zero attached hydrogens (tertiary/aromatic N) is 2. The van der Waals surface area contributed by atoms with Crippen molar-refractivity contribution in [3.63, 3.8) is 0 Å². The molecule has 6 nitrogen and oxygen atoms in total. The van der Waals surface area contributed by atoms with Crippen LogP contribution in [0.5, 0.6) is 5.75 Å². The molecule has 1 aromatic rings. The van der Waals surface area contributed by atoms with Gasteiger partial charge < -0.3 is 24.0 Å². The molecule has 0 radical (unpaired) electrons. The number of amides is 1.